The van der Waals surface area contributed by atoms with Crippen LogP contribution < -0.4 is 0 Å². The van der Waals surface area contributed by atoms with Crippen LogP contribution in [0.3, 0.4) is 0 Å². The Hall–Kier alpha value is -1.88. The smallest absolute Gasteiger partial charge is 0.341 e. The van der Waals surface area contributed by atoms with Gasteiger partial charge in [-0.05, 0) is 25.0 Å². The van der Waals surface area contributed by atoms with E-state index in [1.807, 2.05) is 0 Å². The Bertz CT molecular complexity index is 644. The van der Waals surface area contributed by atoms with E-state index in [0.29, 0.717) is 5.76 Å². The fourth-order valence-electron chi connectivity index (χ4n) is 2.03. The van der Waals surface area contributed by atoms with Crippen molar-refractivity contribution in [2.45, 2.75) is 18.8 Å². The topological polar surface area (TPSA) is 63.3 Å². The Labute approximate surface area is 112 Å². The SMILES string of the molecule is O=C(O)c1c(-c2c(F)cccc2Cl)noc1C1CC1. The molecule has 1 aliphatic carbocycles. The first kappa shape index (κ1) is 12.2. The average molecular weight is 282 g/mol. The summed E-state index contributed by atoms with van der Waals surface area (Å²) in [6, 6.07) is 4.14. The number of aromatic nitrogens is 1. The van der Waals surface area contributed by atoms with Gasteiger partial charge in [-0.2, -0.15) is 0 Å². The minimum atomic E-state index is -1.18. The molecule has 1 saturated carbocycles. The summed E-state index contributed by atoms with van der Waals surface area (Å²) < 4.78 is 18.9. The molecule has 0 aliphatic heterocycles. The van der Waals surface area contributed by atoms with Gasteiger partial charge in [-0.3, -0.25) is 0 Å². The summed E-state index contributed by atoms with van der Waals surface area (Å²) in [4.78, 5) is 11.4. The van der Waals surface area contributed by atoms with Crippen molar-refractivity contribution in [3.8, 4) is 11.3 Å². The molecule has 0 radical (unpaired) electrons. The van der Waals surface area contributed by atoms with Crippen molar-refractivity contribution in [3.05, 3.63) is 40.4 Å². The van der Waals surface area contributed by atoms with Crippen molar-refractivity contribution in [1.29, 1.82) is 0 Å². The molecule has 3 rings (SSSR count). The van der Waals surface area contributed by atoms with Gasteiger partial charge in [-0.25, -0.2) is 9.18 Å². The third-order valence-electron chi connectivity index (χ3n) is 3.08. The zero-order chi connectivity index (χ0) is 13.6. The van der Waals surface area contributed by atoms with Crippen LogP contribution in [0.1, 0.15) is 34.9 Å². The molecular weight excluding hydrogens is 273 g/mol. The largest absolute Gasteiger partial charge is 0.477 e. The number of hydrogen-bond acceptors (Lipinski definition) is 3. The van der Waals surface area contributed by atoms with Crippen molar-refractivity contribution < 1.29 is 18.8 Å². The molecule has 0 atom stereocenters. The molecular formula is C13H9ClFNO3. The number of hydrogen-bond donors (Lipinski definition) is 1. The Kier molecular flexibility index (Phi) is 2.78. The lowest BCUT2D eigenvalue weighted by atomic mass is 10.0. The summed E-state index contributed by atoms with van der Waals surface area (Å²) in [6.45, 7) is 0. The van der Waals surface area contributed by atoms with Gasteiger partial charge in [0.05, 0.1) is 10.6 Å². The highest BCUT2D eigenvalue weighted by molar-refractivity contribution is 6.33. The van der Waals surface area contributed by atoms with Gasteiger partial charge in [0.1, 0.15) is 17.1 Å². The molecule has 1 heterocycles. The van der Waals surface area contributed by atoms with Crippen molar-refractivity contribution >= 4 is 17.6 Å². The number of carboxylic acids is 1. The molecule has 98 valence electrons. The van der Waals surface area contributed by atoms with E-state index >= 15 is 0 Å². The Morgan fingerprint density at radius 1 is 1.47 bits per heavy atom. The minimum absolute atomic E-state index is 0.0304. The van der Waals surface area contributed by atoms with Crippen molar-refractivity contribution in [2.75, 3.05) is 0 Å². The van der Waals surface area contributed by atoms with Crippen LogP contribution in [0.15, 0.2) is 22.7 Å². The molecule has 19 heavy (non-hydrogen) atoms. The minimum Gasteiger partial charge on any atom is -0.477 e. The van der Waals surface area contributed by atoms with E-state index in [1.54, 1.807) is 0 Å². The van der Waals surface area contributed by atoms with Gasteiger partial charge in [0.25, 0.3) is 0 Å². The van der Waals surface area contributed by atoms with Gasteiger partial charge in [0, 0.05) is 5.92 Å². The molecule has 0 amide bonds. The van der Waals surface area contributed by atoms with Crippen LogP contribution in [-0.4, -0.2) is 16.2 Å². The Balaban J connectivity index is 2.23. The Morgan fingerprint density at radius 3 is 2.79 bits per heavy atom. The van der Waals surface area contributed by atoms with Gasteiger partial charge in [-0.15, -0.1) is 0 Å². The number of aromatic carboxylic acids is 1. The first-order chi connectivity index (χ1) is 9.09. The normalized spacial score (nSPS) is 14.6. The predicted molar refractivity (Wildman–Crippen MR) is 65.8 cm³/mol. The standard InChI is InChI=1S/C13H9ClFNO3/c14-7-2-1-3-8(15)9(7)11-10(13(17)18)12(19-16-11)6-4-5-6/h1-3,6H,4-5H2,(H,17,18). The van der Waals surface area contributed by atoms with Crippen LogP contribution in [-0.2, 0) is 0 Å². The van der Waals surface area contributed by atoms with Gasteiger partial charge in [0.2, 0.25) is 0 Å². The van der Waals surface area contributed by atoms with Crippen LogP contribution >= 0.6 is 11.6 Å². The second kappa shape index (κ2) is 4.35. The summed E-state index contributed by atoms with van der Waals surface area (Å²) in [5.74, 6) is -1.43. The van der Waals surface area contributed by atoms with Crippen molar-refractivity contribution in [3.63, 3.8) is 0 Å². The van der Waals surface area contributed by atoms with E-state index in [9.17, 15) is 14.3 Å². The Morgan fingerprint density at radius 2 is 2.21 bits per heavy atom. The molecule has 1 aliphatic rings. The molecule has 4 nitrogen and oxygen atoms in total. The van der Waals surface area contributed by atoms with E-state index < -0.39 is 11.8 Å². The van der Waals surface area contributed by atoms with Crippen molar-refractivity contribution in [2.24, 2.45) is 0 Å². The maximum atomic E-state index is 13.8. The first-order valence-electron chi connectivity index (χ1n) is 5.77. The van der Waals surface area contributed by atoms with E-state index in [2.05, 4.69) is 5.16 Å². The van der Waals surface area contributed by atoms with E-state index in [0.717, 1.165) is 12.8 Å². The molecule has 1 aromatic carbocycles. The highest BCUT2D eigenvalue weighted by atomic mass is 35.5. The summed E-state index contributed by atoms with van der Waals surface area (Å²) in [7, 11) is 0. The van der Waals surface area contributed by atoms with Crippen LogP contribution in [0.2, 0.25) is 5.02 Å². The van der Waals surface area contributed by atoms with E-state index in [4.69, 9.17) is 16.1 Å². The molecule has 0 saturated heterocycles. The quantitative estimate of drug-likeness (QED) is 0.931. The maximum Gasteiger partial charge on any atom is 0.341 e. The molecule has 0 bridgehead atoms. The molecule has 2 aromatic rings. The number of benzene rings is 1. The number of carboxylic acid groups (broad SMARTS) is 1. The van der Waals surface area contributed by atoms with Crippen molar-refractivity contribution in [1.82, 2.24) is 5.16 Å². The van der Waals surface area contributed by atoms with Crippen LogP contribution in [0.5, 0.6) is 0 Å². The lowest BCUT2D eigenvalue weighted by Crippen LogP contribution is -2.02. The van der Waals surface area contributed by atoms with Crippen LogP contribution in [0, 0.1) is 5.82 Å². The van der Waals surface area contributed by atoms with Crippen LogP contribution in [0.4, 0.5) is 4.39 Å². The average Bonchev–Trinajstić information content (AvgIpc) is 3.09. The van der Waals surface area contributed by atoms with Gasteiger partial charge in [0.15, 0.2) is 5.76 Å². The third-order valence-corrected chi connectivity index (χ3v) is 3.40. The molecule has 1 N–H and O–H groups in total. The zero-order valence-electron chi connectivity index (χ0n) is 9.69. The monoisotopic (exact) mass is 281 g/mol. The summed E-state index contributed by atoms with van der Waals surface area (Å²) in [6.07, 6.45) is 1.72. The van der Waals surface area contributed by atoms with E-state index in [-0.39, 0.29) is 27.8 Å². The van der Waals surface area contributed by atoms with Gasteiger partial charge in [-0.1, -0.05) is 22.8 Å². The molecule has 0 spiro atoms. The number of rotatable bonds is 3. The van der Waals surface area contributed by atoms with Gasteiger partial charge >= 0.3 is 5.97 Å². The summed E-state index contributed by atoms with van der Waals surface area (Å²) >= 11 is 5.93. The first-order valence-corrected chi connectivity index (χ1v) is 6.14. The second-order valence-electron chi connectivity index (χ2n) is 4.45. The lowest BCUT2D eigenvalue weighted by Gasteiger charge is -2.03. The number of carbonyl (C=O) groups is 1. The lowest BCUT2D eigenvalue weighted by molar-refractivity contribution is 0.0695. The molecule has 1 fully saturated rings. The van der Waals surface area contributed by atoms with E-state index in [1.165, 1.54) is 18.2 Å². The highest BCUT2D eigenvalue weighted by Crippen LogP contribution is 2.44. The third kappa shape index (κ3) is 2.00. The second-order valence-corrected chi connectivity index (χ2v) is 4.85. The maximum absolute atomic E-state index is 13.8. The van der Waals surface area contributed by atoms with Crippen LogP contribution in [0.25, 0.3) is 11.3 Å². The summed E-state index contributed by atoms with van der Waals surface area (Å²) in [5, 5.41) is 13.1. The predicted octanol–water partition coefficient (Wildman–Crippen LogP) is 3.71. The van der Waals surface area contributed by atoms with Gasteiger partial charge < -0.3 is 9.63 Å². The molecule has 0 unspecified atom stereocenters. The fraction of sp³-hybridized carbons (Fsp3) is 0.231. The number of halogens is 2. The zero-order valence-corrected chi connectivity index (χ0v) is 10.4. The number of nitrogens with zero attached hydrogens (tertiary/aromatic N) is 1. The fourth-order valence-corrected chi connectivity index (χ4v) is 2.28. The highest BCUT2D eigenvalue weighted by Gasteiger charge is 2.36. The molecule has 6 heteroatoms. The summed E-state index contributed by atoms with van der Waals surface area (Å²) in [5.41, 5.74) is -0.163. The molecule has 1 aromatic heterocycles.